The molecule has 0 bridgehead atoms. The number of fused-ring (bicyclic) bond motifs is 1. The monoisotopic (exact) mass is 336 g/mol. The molecule has 2 aromatic heterocycles. The standard InChI is InChI=1S/C18H16N4O3/c1-3-4-15(22-19-2)18-21-16-9-14(7-8-17(16)25-18)24-11-12-5-6-13(23)10-20-12/h3-10,23H,2,11H2,1H3/b4-3-,22-15+. The van der Waals surface area contributed by atoms with Gasteiger partial charge in [0.2, 0.25) is 5.89 Å². The summed E-state index contributed by atoms with van der Waals surface area (Å²) in [7, 11) is 0. The molecule has 0 fully saturated rings. The van der Waals surface area contributed by atoms with Crippen LogP contribution in [-0.4, -0.2) is 27.5 Å². The van der Waals surface area contributed by atoms with E-state index in [2.05, 4.69) is 26.9 Å². The van der Waals surface area contributed by atoms with Crippen molar-refractivity contribution in [3.63, 3.8) is 0 Å². The molecular formula is C18H16N4O3. The third-order valence-corrected chi connectivity index (χ3v) is 3.28. The van der Waals surface area contributed by atoms with Crippen LogP contribution in [-0.2, 0) is 6.61 Å². The summed E-state index contributed by atoms with van der Waals surface area (Å²) in [4.78, 5) is 8.49. The van der Waals surface area contributed by atoms with Gasteiger partial charge in [-0.1, -0.05) is 6.08 Å². The van der Waals surface area contributed by atoms with Gasteiger partial charge in [0.05, 0.1) is 11.9 Å². The largest absolute Gasteiger partial charge is 0.506 e. The minimum Gasteiger partial charge on any atom is -0.506 e. The maximum Gasteiger partial charge on any atom is 0.248 e. The van der Waals surface area contributed by atoms with E-state index in [1.165, 1.54) is 6.20 Å². The Balaban J connectivity index is 1.81. The fraction of sp³-hybridized carbons (Fsp3) is 0.111. The van der Waals surface area contributed by atoms with E-state index in [-0.39, 0.29) is 12.4 Å². The van der Waals surface area contributed by atoms with Crippen LogP contribution in [0.15, 0.2) is 63.3 Å². The number of oxazole rings is 1. The molecule has 1 aromatic carbocycles. The number of pyridine rings is 1. The fourth-order valence-corrected chi connectivity index (χ4v) is 2.15. The lowest BCUT2D eigenvalue weighted by Gasteiger charge is -2.05. The summed E-state index contributed by atoms with van der Waals surface area (Å²) >= 11 is 0. The average molecular weight is 336 g/mol. The van der Waals surface area contributed by atoms with Gasteiger partial charge in [-0.2, -0.15) is 5.10 Å². The van der Waals surface area contributed by atoms with Crippen molar-refractivity contribution in [2.75, 3.05) is 0 Å². The highest BCUT2D eigenvalue weighted by Gasteiger charge is 2.11. The fourth-order valence-electron chi connectivity index (χ4n) is 2.15. The van der Waals surface area contributed by atoms with Gasteiger partial charge in [0.1, 0.15) is 29.3 Å². The molecule has 3 aromatic rings. The summed E-state index contributed by atoms with van der Waals surface area (Å²) in [5.74, 6) is 1.11. The Morgan fingerprint density at radius 3 is 2.96 bits per heavy atom. The number of hydrogen-bond donors (Lipinski definition) is 1. The van der Waals surface area contributed by atoms with E-state index >= 15 is 0 Å². The molecule has 25 heavy (non-hydrogen) atoms. The topological polar surface area (TPSA) is 93.1 Å². The van der Waals surface area contributed by atoms with Crippen LogP contribution in [0.25, 0.3) is 11.1 Å². The Kier molecular flexibility index (Phi) is 4.84. The Morgan fingerprint density at radius 1 is 1.36 bits per heavy atom. The highest BCUT2D eigenvalue weighted by Crippen LogP contribution is 2.23. The van der Waals surface area contributed by atoms with Crippen LogP contribution in [0.2, 0.25) is 0 Å². The predicted molar refractivity (Wildman–Crippen MR) is 95.1 cm³/mol. The van der Waals surface area contributed by atoms with Crippen molar-refractivity contribution in [1.82, 2.24) is 9.97 Å². The van der Waals surface area contributed by atoms with E-state index in [4.69, 9.17) is 9.15 Å². The van der Waals surface area contributed by atoms with Crippen molar-refractivity contribution in [2.45, 2.75) is 13.5 Å². The highest BCUT2D eigenvalue weighted by molar-refractivity contribution is 6.06. The van der Waals surface area contributed by atoms with E-state index in [1.807, 2.05) is 13.0 Å². The molecule has 1 N–H and O–H groups in total. The lowest BCUT2D eigenvalue weighted by molar-refractivity contribution is 0.301. The SMILES string of the molecule is C=N/N=C(\C=C/C)c1nc2cc(OCc3ccc(O)cn3)ccc2o1. The molecule has 0 atom stereocenters. The number of aromatic hydroxyl groups is 1. The van der Waals surface area contributed by atoms with Crippen LogP contribution in [0.4, 0.5) is 0 Å². The Labute approximate surface area is 144 Å². The third kappa shape index (κ3) is 3.89. The first-order chi connectivity index (χ1) is 12.2. The maximum absolute atomic E-state index is 9.24. The van der Waals surface area contributed by atoms with Crippen molar-refractivity contribution >= 4 is 23.5 Å². The second kappa shape index (κ2) is 7.39. The quantitative estimate of drug-likeness (QED) is 0.549. The van der Waals surface area contributed by atoms with Crippen molar-refractivity contribution in [2.24, 2.45) is 10.2 Å². The van der Waals surface area contributed by atoms with Crippen LogP contribution in [0, 0.1) is 0 Å². The predicted octanol–water partition coefficient (Wildman–Crippen LogP) is 3.49. The second-order valence-corrected chi connectivity index (χ2v) is 5.07. The molecule has 0 unspecified atom stereocenters. The van der Waals surface area contributed by atoms with Crippen LogP contribution in [0.5, 0.6) is 11.5 Å². The number of nitrogens with zero attached hydrogens (tertiary/aromatic N) is 4. The van der Waals surface area contributed by atoms with Gasteiger partial charge in [-0.3, -0.25) is 4.98 Å². The van der Waals surface area contributed by atoms with Gasteiger partial charge < -0.3 is 14.3 Å². The van der Waals surface area contributed by atoms with Gasteiger partial charge in [0, 0.05) is 12.8 Å². The molecule has 0 saturated carbocycles. The minimum atomic E-state index is 0.118. The minimum absolute atomic E-state index is 0.118. The van der Waals surface area contributed by atoms with Gasteiger partial charge in [-0.25, -0.2) is 4.98 Å². The van der Waals surface area contributed by atoms with Crippen LogP contribution >= 0.6 is 0 Å². The Hall–Kier alpha value is -3.48. The summed E-state index contributed by atoms with van der Waals surface area (Å²) in [5.41, 5.74) is 2.46. The molecule has 0 saturated heterocycles. The molecule has 7 heteroatoms. The zero-order valence-corrected chi connectivity index (χ0v) is 13.6. The molecule has 0 aliphatic heterocycles. The summed E-state index contributed by atoms with van der Waals surface area (Å²) in [6, 6.07) is 8.60. The lowest BCUT2D eigenvalue weighted by Crippen LogP contribution is -1.97. The molecule has 7 nitrogen and oxygen atoms in total. The van der Waals surface area contributed by atoms with E-state index in [0.717, 1.165) is 0 Å². The molecule has 0 aliphatic carbocycles. The third-order valence-electron chi connectivity index (χ3n) is 3.28. The molecule has 2 heterocycles. The Morgan fingerprint density at radius 2 is 2.24 bits per heavy atom. The molecular weight excluding hydrogens is 320 g/mol. The first kappa shape index (κ1) is 16.4. The summed E-state index contributed by atoms with van der Waals surface area (Å²) in [6.07, 6.45) is 4.94. The number of aromatic nitrogens is 2. The smallest absolute Gasteiger partial charge is 0.248 e. The van der Waals surface area contributed by atoms with Crippen molar-refractivity contribution in [1.29, 1.82) is 0 Å². The molecule has 3 rings (SSSR count). The van der Waals surface area contributed by atoms with Crippen molar-refractivity contribution in [3.05, 3.63) is 60.3 Å². The van der Waals surface area contributed by atoms with Gasteiger partial charge in [-0.05, 0) is 37.3 Å². The highest BCUT2D eigenvalue weighted by atomic mass is 16.5. The van der Waals surface area contributed by atoms with Gasteiger partial charge in [0.15, 0.2) is 5.58 Å². The summed E-state index contributed by atoms with van der Waals surface area (Å²) < 4.78 is 11.4. The van der Waals surface area contributed by atoms with Crippen LogP contribution < -0.4 is 4.74 Å². The van der Waals surface area contributed by atoms with Crippen LogP contribution in [0.3, 0.4) is 0 Å². The van der Waals surface area contributed by atoms with Crippen LogP contribution in [0.1, 0.15) is 18.5 Å². The summed E-state index contributed by atoms with van der Waals surface area (Å²) in [5, 5.41) is 16.7. The molecule has 0 radical (unpaired) electrons. The number of benzene rings is 1. The zero-order valence-electron chi connectivity index (χ0n) is 13.6. The molecule has 0 amide bonds. The van der Waals surface area contributed by atoms with E-state index in [1.54, 1.807) is 36.4 Å². The Bertz CT molecular complexity index is 943. The van der Waals surface area contributed by atoms with E-state index in [0.29, 0.717) is 34.1 Å². The number of allylic oxidation sites excluding steroid dienone is 2. The number of rotatable bonds is 6. The zero-order chi connectivity index (χ0) is 17.6. The maximum atomic E-state index is 9.24. The number of hydrogen-bond acceptors (Lipinski definition) is 7. The molecule has 126 valence electrons. The number of ether oxygens (including phenoxy) is 1. The lowest BCUT2D eigenvalue weighted by atomic mass is 10.3. The molecule has 0 spiro atoms. The normalized spacial score (nSPS) is 12.0. The van der Waals surface area contributed by atoms with Crippen molar-refractivity contribution < 1.29 is 14.3 Å². The summed E-state index contributed by atoms with van der Waals surface area (Å²) in [6.45, 7) is 5.50. The second-order valence-electron chi connectivity index (χ2n) is 5.07. The first-order valence-electron chi connectivity index (χ1n) is 7.53. The average Bonchev–Trinajstić information content (AvgIpc) is 3.04. The van der Waals surface area contributed by atoms with E-state index in [9.17, 15) is 5.11 Å². The van der Waals surface area contributed by atoms with Gasteiger partial charge in [0.25, 0.3) is 0 Å². The van der Waals surface area contributed by atoms with E-state index < -0.39 is 0 Å². The van der Waals surface area contributed by atoms with Gasteiger partial charge in [-0.15, -0.1) is 5.10 Å². The van der Waals surface area contributed by atoms with Crippen molar-refractivity contribution in [3.8, 4) is 11.5 Å². The molecule has 0 aliphatic rings. The first-order valence-corrected chi connectivity index (χ1v) is 7.53. The van der Waals surface area contributed by atoms with Gasteiger partial charge >= 0.3 is 0 Å².